The summed E-state index contributed by atoms with van der Waals surface area (Å²) < 4.78 is 0. The lowest BCUT2D eigenvalue weighted by Crippen LogP contribution is -2.18. The molecule has 0 saturated carbocycles. The number of halogens is 1. The molecule has 4 nitrogen and oxygen atoms in total. The van der Waals surface area contributed by atoms with Gasteiger partial charge in [-0.1, -0.05) is 0 Å². The molecule has 0 saturated heterocycles. The summed E-state index contributed by atoms with van der Waals surface area (Å²) in [5, 5.41) is 1.50. The molecule has 0 aliphatic carbocycles. The Hall–Kier alpha value is 0.130. The summed E-state index contributed by atoms with van der Waals surface area (Å²) in [7, 11) is 3.56. The second-order valence-corrected chi connectivity index (χ2v) is 0.964. The summed E-state index contributed by atoms with van der Waals surface area (Å²) in [4.78, 5) is 0. The highest BCUT2D eigenvalue weighted by Crippen LogP contribution is 1.37. The van der Waals surface area contributed by atoms with Gasteiger partial charge in [-0.3, -0.25) is 22.5 Å². The molecule has 0 rings (SSSR count). The molecule has 0 aromatic rings. The van der Waals surface area contributed by atoms with Gasteiger partial charge in [-0.2, -0.15) is 0 Å². The summed E-state index contributed by atoms with van der Waals surface area (Å²) in [6, 6.07) is 0. The fourth-order valence-electron chi connectivity index (χ4n) is 0. The van der Waals surface area contributed by atoms with E-state index in [1.807, 2.05) is 0 Å². The normalized spacial score (nSPS) is 6.00. The van der Waals surface area contributed by atoms with Crippen LogP contribution in [0.3, 0.4) is 0 Å². The van der Waals surface area contributed by atoms with Gasteiger partial charge in [0.05, 0.1) is 0 Å². The van der Waals surface area contributed by atoms with Crippen LogP contribution in [-0.2, 0) is 0 Å². The number of rotatable bonds is 0. The first-order valence-corrected chi connectivity index (χ1v) is 1.49. The topological polar surface area (TPSA) is 81.3 Å². The number of nitrogens with zero attached hydrogens (tertiary/aromatic N) is 1. The lowest BCUT2D eigenvalue weighted by Gasteiger charge is -1.91. The SMILES string of the molecule is CN(C)N.Cl.NN. The van der Waals surface area contributed by atoms with Crippen molar-refractivity contribution in [3.8, 4) is 0 Å². The summed E-state index contributed by atoms with van der Waals surface area (Å²) in [5.74, 6) is 12.9. The Kier molecular flexibility index (Phi) is 37.0. The van der Waals surface area contributed by atoms with Gasteiger partial charge in [0.1, 0.15) is 0 Å². The molecule has 5 heteroatoms. The van der Waals surface area contributed by atoms with Crippen LogP contribution in [0.4, 0.5) is 0 Å². The molecule has 0 aliphatic heterocycles. The molecule has 0 fully saturated rings. The van der Waals surface area contributed by atoms with E-state index in [1.165, 1.54) is 5.01 Å². The van der Waals surface area contributed by atoms with Crippen LogP contribution in [0.25, 0.3) is 0 Å². The van der Waals surface area contributed by atoms with Crippen LogP contribution >= 0.6 is 12.4 Å². The number of hydrazine groups is 2. The maximum absolute atomic E-state index is 4.94. The third-order valence-electron chi connectivity index (χ3n) is 0. The summed E-state index contributed by atoms with van der Waals surface area (Å²) in [5.41, 5.74) is 0. The molecule has 0 aliphatic rings. The molecule has 0 aromatic carbocycles. The molecule has 0 unspecified atom stereocenters. The van der Waals surface area contributed by atoms with Crippen LogP contribution in [0, 0.1) is 0 Å². The lowest BCUT2D eigenvalue weighted by atomic mass is 11.2. The average Bonchev–Trinajstić information content (AvgIpc) is 1.41. The minimum Gasteiger partial charge on any atom is -0.274 e. The smallest absolute Gasteiger partial charge is 0.00105 e. The van der Waals surface area contributed by atoms with Gasteiger partial charge >= 0.3 is 0 Å². The van der Waals surface area contributed by atoms with E-state index in [-0.39, 0.29) is 12.4 Å². The second-order valence-electron chi connectivity index (χ2n) is 0.964. The minimum atomic E-state index is 0. The monoisotopic (exact) mass is 128 g/mol. The Morgan fingerprint density at radius 2 is 1.14 bits per heavy atom. The van der Waals surface area contributed by atoms with Gasteiger partial charge < -0.3 is 0 Å². The van der Waals surface area contributed by atoms with Crippen molar-refractivity contribution in [3.05, 3.63) is 0 Å². The van der Waals surface area contributed by atoms with Crippen molar-refractivity contribution in [1.29, 1.82) is 0 Å². The molecular formula is C2H13ClN4. The van der Waals surface area contributed by atoms with E-state index in [4.69, 9.17) is 5.84 Å². The zero-order valence-electron chi connectivity index (χ0n) is 4.59. The minimum absolute atomic E-state index is 0. The van der Waals surface area contributed by atoms with E-state index < -0.39 is 0 Å². The van der Waals surface area contributed by atoms with Crippen molar-refractivity contribution in [2.75, 3.05) is 14.1 Å². The van der Waals surface area contributed by atoms with Crippen LogP contribution in [0.15, 0.2) is 0 Å². The van der Waals surface area contributed by atoms with Crippen molar-refractivity contribution in [3.63, 3.8) is 0 Å². The Morgan fingerprint density at radius 1 is 1.14 bits per heavy atom. The molecule has 6 N–H and O–H groups in total. The first kappa shape index (κ1) is 15.7. The van der Waals surface area contributed by atoms with Crippen molar-refractivity contribution < 1.29 is 0 Å². The molecule has 0 bridgehead atoms. The van der Waals surface area contributed by atoms with E-state index in [0.29, 0.717) is 0 Å². The maximum Gasteiger partial charge on any atom is 0.00105 e. The third-order valence-corrected chi connectivity index (χ3v) is 0. The highest BCUT2D eigenvalue weighted by Gasteiger charge is 1.57. The molecular weight excluding hydrogens is 116 g/mol. The van der Waals surface area contributed by atoms with Crippen molar-refractivity contribution in [1.82, 2.24) is 5.01 Å². The zero-order valence-corrected chi connectivity index (χ0v) is 5.40. The molecule has 0 aromatic heterocycles. The van der Waals surface area contributed by atoms with E-state index in [0.717, 1.165) is 0 Å². The molecule has 0 radical (unpaired) electrons. The fraction of sp³-hybridized carbons (Fsp3) is 1.00. The second kappa shape index (κ2) is 16.5. The molecule has 48 valence electrons. The maximum atomic E-state index is 4.94. The van der Waals surface area contributed by atoms with Crippen molar-refractivity contribution in [2.45, 2.75) is 0 Å². The van der Waals surface area contributed by atoms with E-state index in [9.17, 15) is 0 Å². The number of hydrogen-bond donors (Lipinski definition) is 3. The highest BCUT2D eigenvalue weighted by atomic mass is 35.5. The first-order chi connectivity index (χ1) is 2.73. The first-order valence-electron chi connectivity index (χ1n) is 1.49. The van der Waals surface area contributed by atoms with Gasteiger partial charge in [-0.25, -0.2) is 0 Å². The van der Waals surface area contributed by atoms with Gasteiger partial charge in [-0.15, -0.1) is 12.4 Å². The standard InChI is InChI=1S/C2H8N2.ClH.H4N2/c1-4(2)3;;1-2/h3H2,1-2H3;1H;1-2H2. The van der Waals surface area contributed by atoms with E-state index in [2.05, 4.69) is 11.7 Å². The van der Waals surface area contributed by atoms with Crippen molar-refractivity contribution >= 4 is 12.4 Å². The Bertz CT molecular complexity index is 14.4. The fourth-order valence-corrected chi connectivity index (χ4v) is 0. The van der Waals surface area contributed by atoms with Crippen LogP contribution < -0.4 is 17.5 Å². The predicted octanol–water partition coefficient (Wildman–Crippen LogP) is -1.34. The van der Waals surface area contributed by atoms with Crippen LogP contribution in [0.5, 0.6) is 0 Å². The van der Waals surface area contributed by atoms with Gasteiger partial charge in [0.25, 0.3) is 0 Å². The molecule has 7 heavy (non-hydrogen) atoms. The van der Waals surface area contributed by atoms with E-state index in [1.54, 1.807) is 14.1 Å². The quantitative estimate of drug-likeness (QED) is 0.279. The molecule has 0 spiro atoms. The van der Waals surface area contributed by atoms with Crippen LogP contribution in [0.1, 0.15) is 0 Å². The Labute approximate surface area is 50.0 Å². The summed E-state index contributed by atoms with van der Waals surface area (Å²) >= 11 is 0. The number of hydrogen-bond acceptors (Lipinski definition) is 4. The molecule has 0 amide bonds. The molecule has 0 atom stereocenters. The summed E-state index contributed by atoms with van der Waals surface area (Å²) in [6.07, 6.45) is 0. The van der Waals surface area contributed by atoms with Crippen LogP contribution in [0.2, 0.25) is 0 Å². The van der Waals surface area contributed by atoms with Crippen molar-refractivity contribution in [2.24, 2.45) is 17.5 Å². The van der Waals surface area contributed by atoms with Gasteiger partial charge in [0, 0.05) is 14.1 Å². The van der Waals surface area contributed by atoms with Crippen LogP contribution in [-0.4, -0.2) is 19.1 Å². The third kappa shape index (κ3) is 6190. The Balaban J connectivity index is -0.0000000480. The zero-order chi connectivity index (χ0) is 5.58. The van der Waals surface area contributed by atoms with E-state index >= 15 is 0 Å². The predicted molar refractivity (Wildman–Crippen MR) is 33.5 cm³/mol. The van der Waals surface area contributed by atoms with Gasteiger partial charge in [0.15, 0.2) is 0 Å². The summed E-state index contributed by atoms with van der Waals surface area (Å²) in [6.45, 7) is 0. The lowest BCUT2D eigenvalue weighted by molar-refractivity contribution is 0.432. The van der Waals surface area contributed by atoms with Gasteiger partial charge in [0.2, 0.25) is 0 Å². The Morgan fingerprint density at radius 3 is 1.14 bits per heavy atom. The average molecular weight is 129 g/mol. The molecule has 0 heterocycles. The number of nitrogens with two attached hydrogens (primary N) is 3. The highest BCUT2D eigenvalue weighted by molar-refractivity contribution is 5.85. The van der Waals surface area contributed by atoms with Gasteiger partial charge in [-0.05, 0) is 0 Å². The largest absolute Gasteiger partial charge is 0.274 e.